The van der Waals surface area contributed by atoms with E-state index in [1.54, 1.807) is 6.20 Å². The van der Waals surface area contributed by atoms with Crippen LogP contribution >= 0.6 is 0 Å². The third-order valence-electron chi connectivity index (χ3n) is 11.0. The summed E-state index contributed by atoms with van der Waals surface area (Å²) in [5, 5.41) is 9.72. The molecule has 0 N–H and O–H groups in total. The Hall–Kier alpha value is -7.56. The summed E-state index contributed by atoms with van der Waals surface area (Å²) in [5.74, 6) is 0.656. The lowest BCUT2D eigenvalue weighted by molar-refractivity contribution is 1.18. The lowest BCUT2D eigenvalue weighted by Crippen LogP contribution is -1.97. The van der Waals surface area contributed by atoms with E-state index in [0.717, 1.165) is 55.5 Å². The van der Waals surface area contributed by atoms with E-state index < -0.39 is 0 Å². The molecule has 0 unspecified atom stereocenters. The Morgan fingerprint density at radius 3 is 1.89 bits per heavy atom. The average molecular weight is 713 g/mol. The first-order valence-electron chi connectivity index (χ1n) is 18.8. The summed E-state index contributed by atoms with van der Waals surface area (Å²) >= 11 is 0. The van der Waals surface area contributed by atoms with Crippen LogP contribution in [0.1, 0.15) is 0 Å². The van der Waals surface area contributed by atoms with E-state index in [0.29, 0.717) is 5.82 Å². The van der Waals surface area contributed by atoms with Crippen molar-refractivity contribution < 1.29 is 0 Å². The molecular formula is C52H32N4. The summed E-state index contributed by atoms with van der Waals surface area (Å²) in [5.41, 5.74) is 11.5. The molecule has 11 rings (SSSR count). The minimum atomic E-state index is 0.656. The van der Waals surface area contributed by atoms with Crippen molar-refractivity contribution in [3.8, 4) is 67.3 Å². The van der Waals surface area contributed by atoms with Crippen LogP contribution in [-0.2, 0) is 0 Å². The van der Waals surface area contributed by atoms with Crippen molar-refractivity contribution in [1.82, 2.24) is 19.9 Å². The van der Waals surface area contributed by atoms with Gasteiger partial charge < -0.3 is 0 Å². The lowest BCUT2D eigenvalue weighted by Gasteiger charge is -2.17. The highest BCUT2D eigenvalue weighted by atomic mass is 14.9. The van der Waals surface area contributed by atoms with E-state index in [9.17, 15) is 0 Å². The number of pyridine rings is 2. The van der Waals surface area contributed by atoms with E-state index in [-0.39, 0.29) is 0 Å². The monoisotopic (exact) mass is 712 g/mol. The van der Waals surface area contributed by atoms with Gasteiger partial charge in [0.25, 0.3) is 0 Å². The molecule has 0 aliphatic carbocycles. The molecule has 0 aliphatic rings. The third kappa shape index (κ3) is 5.39. The summed E-state index contributed by atoms with van der Waals surface area (Å²) in [6.07, 6.45) is 7.51. The molecule has 0 aliphatic heterocycles. The highest BCUT2D eigenvalue weighted by Gasteiger charge is 2.18. The van der Waals surface area contributed by atoms with E-state index in [2.05, 4.69) is 168 Å². The topological polar surface area (TPSA) is 51.6 Å². The third-order valence-corrected chi connectivity index (χ3v) is 11.0. The van der Waals surface area contributed by atoms with Crippen LogP contribution in [0.3, 0.4) is 0 Å². The summed E-state index contributed by atoms with van der Waals surface area (Å²) in [6, 6.07) is 60.4. The summed E-state index contributed by atoms with van der Waals surface area (Å²) in [4.78, 5) is 19.5. The first-order valence-corrected chi connectivity index (χ1v) is 18.8. The average Bonchev–Trinajstić information content (AvgIpc) is 3.28. The lowest BCUT2D eigenvalue weighted by atomic mass is 9.86. The molecule has 0 radical (unpaired) electrons. The van der Waals surface area contributed by atoms with E-state index >= 15 is 0 Å². The van der Waals surface area contributed by atoms with Crippen LogP contribution in [-0.4, -0.2) is 19.9 Å². The van der Waals surface area contributed by atoms with Gasteiger partial charge in [-0.15, -0.1) is 0 Å². The molecule has 8 aromatic carbocycles. The zero-order valence-corrected chi connectivity index (χ0v) is 30.3. The maximum atomic E-state index is 5.28. The van der Waals surface area contributed by atoms with Crippen molar-refractivity contribution in [3.05, 3.63) is 195 Å². The molecule has 56 heavy (non-hydrogen) atoms. The quantitative estimate of drug-likeness (QED) is 0.161. The largest absolute Gasteiger partial charge is 0.264 e. The predicted molar refractivity (Wildman–Crippen MR) is 231 cm³/mol. The van der Waals surface area contributed by atoms with Crippen LogP contribution in [0.25, 0.3) is 110 Å². The van der Waals surface area contributed by atoms with Gasteiger partial charge in [-0.05, 0) is 95.9 Å². The van der Waals surface area contributed by atoms with Gasteiger partial charge in [0.2, 0.25) is 0 Å². The number of rotatable bonds is 6. The Kier molecular flexibility index (Phi) is 7.46. The summed E-state index contributed by atoms with van der Waals surface area (Å²) < 4.78 is 0. The molecule has 0 saturated heterocycles. The van der Waals surface area contributed by atoms with Gasteiger partial charge in [0, 0.05) is 52.4 Å². The molecule has 0 atom stereocenters. The molecule has 0 spiro atoms. The number of hydrogen-bond acceptors (Lipinski definition) is 4. The van der Waals surface area contributed by atoms with E-state index in [4.69, 9.17) is 9.97 Å². The Bertz CT molecular complexity index is 3240. The summed E-state index contributed by atoms with van der Waals surface area (Å²) in [7, 11) is 0. The Morgan fingerprint density at radius 2 is 0.982 bits per heavy atom. The molecule has 4 heteroatoms. The molecule has 3 aromatic heterocycles. The van der Waals surface area contributed by atoms with Crippen molar-refractivity contribution in [3.63, 3.8) is 0 Å². The van der Waals surface area contributed by atoms with E-state index in [1.165, 1.54) is 49.0 Å². The second kappa shape index (κ2) is 13.1. The highest BCUT2D eigenvalue weighted by Crippen LogP contribution is 2.44. The zero-order valence-electron chi connectivity index (χ0n) is 30.3. The van der Waals surface area contributed by atoms with Crippen LogP contribution in [0.4, 0.5) is 0 Å². The Morgan fingerprint density at radius 1 is 0.304 bits per heavy atom. The summed E-state index contributed by atoms with van der Waals surface area (Å²) in [6.45, 7) is 0. The van der Waals surface area contributed by atoms with Crippen LogP contribution in [0.5, 0.6) is 0 Å². The predicted octanol–water partition coefficient (Wildman–Crippen LogP) is 13.3. The van der Waals surface area contributed by atoms with Crippen LogP contribution in [0.15, 0.2) is 195 Å². The van der Waals surface area contributed by atoms with Crippen molar-refractivity contribution in [2.75, 3.05) is 0 Å². The number of hydrogen-bond donors (Lipinski definition) is 0. The molecular weight excluding hydrogens is 681 g/mol. The van der Waals surface area contributed by atoms with Crippen molar-refractivity contribution in [2.24, 2.45) is 0 Å². The number of benzene rings is 8. The second-order valence-electron chi connectivity index (χ2n) is 14.3. The minimum Gasteiger partial charge on any atom is -0.264 e. The van der Waals surface area contributed by atoms with Gasteiger partial charge in [0.1, 0.15) is 0 Å². The number of nitrogens with zero attached hydrogens (tertiary/aromatic N) is 4. The van der Waals surface area contributed by atoms with Gasteiger partial charge in [-0.3, -0.25) is 9.97 Å². The maximum Gasteiger partial charge on any atom is 0.160 e. The number of aromatic nitrogens is 4. The first kappa shape index (κ1) is 31.9. The van der Waals surface area contributed by atoms with Crippen molar-refractivity contribution in [2.45, 2.75) is 0 Å². The van der Waals surface area contributed by atoms with Gasteiger partial charge in [0.15, 0.2) is 5.82 Å². The van der Waals surface area contributed by atoms with Crippen molar-refractivity contribution >= 4 is 43.1 Å². The fraction of sp³-hybridized carbons (Fsp3) is 0. The van der Waals surface area contributed by atoms with Gasteiger partial charge in [-0.2, -0.15) is 0 Å². The maximum absolute atomic E-state index is 5.28. The molecule has 0 fully saturated rings. The fourth-order valence-corrected chi connectivity index (χ4v) is 8.34. The first-order chi connectivity index (χ1) is 27.7. The zero-order chi connectivity index (χ0) is 37.0. The molecule has 260 valence electrons. The molecule has 0 amide bonds. The van der Waals surface area contributed by atoms with Gasteiger partial charge in [0.05, 0.1) is 11.4 Å². The van der Waals surface area contributed by atoms with Gasteiger partial charge in [-0.1, -0.05) is 140 Å². The second-order valence-corrected chi connectivity index (χ2v) is 14.3. The fourth-order valence-electron chi connectivity index (χ4n) is 8.34. The molecule has 0 bridgehead atoms. The van der Waals surface area contributed by atoms with Crippen LogP contribution in [0, 0.1) is 0 Å². The highest BCUT2D eigenvalue weighted by molar-refractivity contribution is 6.28. The van der Waals surface area contributed by atoms with Gasteiger partial charge in [-0.25, -0.2) is 9.97 Å². The standard InChI is InChI=1S/C52H32N4/c1-2-10-33(11-3-1)43-23-22-38-28-46(44-20-8-13-34-21-24-45(43)51(38)50(34)44)36-15-7-17-39(27-36)52-55-48(37-16-6-14-35(26-37)40-18-9-25-53-30-40)29-49(56-52)47-32-54-31-41-12-4-5-19-42(41)47/h1-32H. The Balaban J connectivity index is 1.10. The molecule has 11 aromatic rings. The SMILES string of the molecule is c1ccc(-c2ccc3cc(-c4cccc(-c5nc(-c6cccc(-c7cccnc7)c6)cc(-c6cncc7ccccc67)n5)c4)c4cccc5ccc2c3c54)cc1. The smallest absolute Gasteiger partial charge is 0.160 e. The van der Waals surface area contributed by atoms with E-state index in [1.807, 2.05) is 30.7 Å². The van der Waals surface area contributed by atoms with Gasteiger partial charge >= 0.3 is 0 Å². The molecule has 3 heterocycles. The number of fused-ring (bicyclic) bond motifs is 1. The Labute approximate surface area is 323 Å². The van der Waals surface area contributed by atoms with Crippen LogP contribution in [0.2, 0.25) is 0 Å². The normalized spacial score (nSPS) is 11.6. The van der Waals surface area contributed by atoms with Crippen molar-refractivity contribution in [1.29, 1.82) is 0 Å². The minimum absolute atomic E-state index is 0.656. The molecule has 0 saturated carbocycles. The van der Waals surface area contributed by atoms with Crippen LogP contribution < -0.4 is 0 Å². The molecule has 4 nitrogen and oxygen atoms in total.